The summed E-state index contributed by atoms with van der Waals surface area (Å²) in [4.78, 5) is 11.0. The molecule has 1 aliphatic rings. The maximum absolute atomic E-state index is 11.0. The predicted octanol–water partition coefficient (Wildman–Crippen LogP) is 2.24. The number of hydrogen-bond donors (Lipinski definition) is 2. The molecule has 0 aromatic heterocycles. The fourth-order valence-corrected chi connectivity index (χ4v) is 2.69. The molecule has 0 bridgehead atoms. The number of aliphatic carboxylic acids is 1. The lowest BCUT2D eigenvalue weighted by Crippen LogP contribution is -2.31. The fraction of sp³-hybridized carbons (Fsp3) is 0.500. The molecule has 0 unspecified atom stereocenters. The Balaban J connectivity index is 2.15. The molecule has 1 aliphatic heterocycles. The Kier molecular flexibility index (Phi) is 4.15. The lowest BCUT2D eigenvalue weighted by atomic mass is 9.78. The monoisotopic (exact) mass is 233 g/mol. The molecule has 3 heteroatoms. The number of benzene rings is 1. The van der Waals surface area contributed by atoms with E-state index in [2.05, 4.69) is 17.4 Å². The first-order valence-corrected chi connectivity index (χ1v) is 6.25. The topological polar surface area (TPSA) is 49.3 Å². The lowest BCUT2D eigenvalue weighted by Gasteiger charge is -2.30. The molecule has 92 valence electrons. The summed E-state index contributed by atoms with van der Waals surface area (Å²) in [7, 11) is 0. The Bertz CT molecular complexity index is 358. The summed E-state index contributed by atoms with van der Waals surface area (Å²) in [5.41, 5.74) is 1.17. The van der Waals surface area contributed by atoms with E-state index in [0.29, 0.717) is 5.92 Å². The van der Waals surface area contributed by atoms with Crippen LogP contribution >= 0.6 is 0 Å². The van der Waals surface area contributed by atoms with E-state index in [1.54, 1.807) is 0 Å². The van der Waals surface area contributed by atoms with Gasteiger partial charge in [0, 0.05) is 0 Å². The quantitative estimate of drug-likeness (QED) is 0.838. The van der Waals surface area contributed by atoms with Crippen LogP contribution in [0.15, 0.2) is 30.3 Å². The van der Waals surface area contributed by atoms with Crippen molar-refractivity contribution in [2.45, 2.75) is 25.2 Å². The van der Waals surface area contributed by atoms with E-state index in [0.717, 1.165) is 25.9 Å². The number of nitrogens with one attached hydrogen (secondary N) is 1. The summed E-state index contributed by atoms with van der Waals surface area (Å²) in [6.07, 6.45) is 2.40. The SMILES string of the molecule is O=C(O)C[C@@H](c1ccccc1)C1CCNCC1. The van der Waals surface area contributed by atoms with Crippen LogP contribution in [-0.4, -0.2) is 24.2 Å². The van der Waals surface area contributed by atoms with Crippen LogP contribution in [0.5, 0.6) is 0 Å². The first-order valence-electron chi connectivity index (χ1n) is 6.25. The zero-order valence-electron chi connectivity index (χ0n) is 9.93. The third-order valence-electron chi connectivity index (χ3n) is 3.58. The smallest absolute Gasteiger partial charge is 0.303 e. The predicted molar refractivity (Wildman–Crippen MR) is 67.0 cm³/mol. The van der Waals surface area contributed by atoms with Crippen LogP contribution in [0.2, 0.25) is 0 Å². The van der Waals surface area contributed by atoms with Crippen molar-refractivity contribution in [1.29, 1.82) is 0 Å². The normalized spacial score (nSPS) is 18.8. The lowest BCUT2D eigenvalue weighted by molar-refractivity contribution is -0.137. The zero-order valence-corrected chi connectivity index (χ0v) is 9.93. The molecule has 2 N–H and O–H groups in total. The minimum absolute atomic E-state index is 0.163. The molecule has 17 heavy (non-hydrogen) atoms. The average Bonchev–Trinajstić information content (AvgIpc) is 2.38. The van der Waals surface area contributed by atoms with Crippen molar-refractivity contribution in [2.24, 2.45) is 5.92 Å². The highest BCUT2D eigenvalue weighted by Crippen LogP contribution is 2.33. The summed E-state index contributed by atoms with van der Waals surface area (Å²) >= 11 is 0. The minimum atomic E-state index is -0.697. The van der Waals surface area contributed by atoms with Crippen molar-refractivity contribution in [1.82, 2.24) is 5.32 Å². The molecule has 1 aromatic rings. The Morgan fingerprint density at radius 2 is 1.94 bits per heavy atom. The van der Waals surface area contributed by atoms with Gasteiger partial charge >= 0.3 is 5.97 Å². The van der Waals surface area contributed by atoms with Crippen molar-refractivity contribution >= 4 is 5.97 Å². The summed E-state index contributed by atoms with van der Waals surface area (Å²) < 4.78 is 0. The van der Waals surface area contributed by atoms with Gasteiger partial charge in [-0.2, -0.15) is 0 Å². The highest BCUT2D eigenvalue weighted by molar-refractivity contribution is 5.68. The van der Waals surface area contributed by atoms with Gasteiger partial charge in [0.2, 0.25) is 0 Å². The van der Waals surface area contributed by atoms with E-state index in [-0.39, 0.29) is 12.3 Å². The number of hydrogen-bond acceptors (Lipinski definition) is 2. The van der Waals surface area contributed by atoms with Gasteiger partial charge < -0.3 is 10.4 Å². The van der Waals surface area contributed by atoms with Crippen molar-refractivity contribution in [3.05, 3.63) is 35.9 Å². The molecular formula is C14H19NO2. The Morgan fingerprint density at radius 1 is 1.29 bits per heavy atom. The third kappa shape index (κ3) is 3.30. The average molecular weight is 233 g/mol. The van der Waals surface area contributed by atoms with E-state index < -0.39 is 5.97 Å². The van der Waals surface area contributed by atoms with Gasteiger partial charge in [-0.1, -0.05) is 30.3 Å². The van der Waals surface area contributed by atoms with Crippen LogP contribution in [0.3, 0.4) is 0 Å². The van der Waals surface area contributed by atoms with E-state index in [9.17, 15) is 4.79 Å². The van der Waals surface area contributed by atoms with E-state index in [1.165, 1.54) is 5.56 Å². The van der Waals surface area contributed by atoms with E-state index in [4.69, 9.17) is 5.11 Å². The van der Waals surface area contributed by atoms with Crippen LogP contribution in [0, 0.1) is 5.92 Å². The molecule has 0 radical (unpaired) electrons. The Hall–Kier alpha value is -1.35. The van der Waals surface area contributed by atoms with Gasteiger partial charge in [-0.05, 0) is 43.3 Å². The standard InChI is InChI=1S/C14H19NO2/c16-14(17)10-13(11-4-2-1-3-5-11)12-6-8-15-9-7-12/h1-5,12-13,15H,6-10H2,(H,16,17)/t13-/m0/s1. The minimum Gasteiger partial charge on any atom is -0.481 e. The highest BCUT2D eigenvalue weighted by Gasteiger charge is 2.26. The first kappa shape index (κ1) is 12.1. The molecule has 0 aliphatic carbocycles. The summed E-state index contributed by atoms with van der Waals surface area (Å²) in [5.74, 6) is -0.0389. The summed E-state index contributed by atoms with van der Waals surface area (Å²) in [5, 5.41) is 12.4. The van der Waals surface area contributed by atoms with Crippen LogP contribution in [0.25, 0.3) is 0 Å². The Labute approximate surface area is 102 Å². The van der Waals surface area contributed by atoms with Crippen molar-refractivity contribution in [2.75, 3.05) is 13.1 Å². The highest BCUT2D eigenvalue weighted by atomic mass is 16.4. The van der Waals surface area contributed by atoms with Crippen LogP contribution < -0.4 is 5.32 Å². The van der Waals surface area contributed by atoms with Crippen molar-refractivity contribution in [3.8, 4) is 0 Å². The number of carboxylic acid groups (broad SMARTS) is 1. The molecule has 0 amide bonds. The molecule has 0 saturated carbocycles. The van der Waals surface area contributed by atoms with Gasteiger partial charge in [-0.15, -0.1) is 0 Å². The van der Waals surface area contributed by atoms with Crippen LogP contribution in [0.4, 0.5) is 0 Å². The van der Waals surface area contributed by atoms with Gasteiger partial charge in [-0.3, -0.25) is 4.79 Å². The largest absolute Gasteiger partial charge is 0.481 e. The maximum atomic E-state index is 11.0. The van der Waals surface area contributed by atoms with Crippen LogP contribution in [0.1, 0.15) is 30.7 Å². The second-order valence-electron chi connectivity index (χ2n) is 4.70. The molecule has 1 heterocycles. The van der Waals surface area contributed by atoms with Gasteiger partial charge in [-0.25, -0.2) is 0 Å². The van der Waals surface area contributed by atoms with Gasteiger partial charge in [0.15, 0.2) is 0 Å². The third-order valence-corrected chi connectivity index (χ3v) is 3.58. The number of rotatable bonds is 4. The van der Waals surface area contributed by atoms with Gasteiger partial charge in [0.05, 0.1) is 6.42 Å². The molecular weight excluding hydrogens is 214 g/mol. The first-order chi connectivity index (χ1) is 8.27. The van der Waals surface area contributed by atoms with Gasteiger partial charge in [0.1, 0.15) is 0 Å². The van der Waals surface area contributed by atoms with E-state index >= 15 is 0 Å². The fourth-order valence-electron chi connectivity index (χ4n) is 2.69. The molecule has 1 atom stereocenters. The number of carbonyl (C=O) groups is 1. The summed E-state index contributed by atoms with van der Waals surface area (Å²) in [6.45, 7) is 2.02. The second-order valence-corrected chi connectivity index (χ2v) is 4.70. The molecule has 1 saturated heterocycles. The summed E-state index contributed by atoms with van der Waals surface area (Å²) in [6, 6.07) is 10.1. The van der Waals surface area contributed by atoms with Crippen molar-refractivity contribution in [3.63, 3.8) is 0 Å². The van der Waals surface area contributed by atoms with Crippen LogP contribution in [-0.2, 0) is 4.79 Å². The molecule has 0 spiro atoms. The molecule has 2 rings (SSSR count). The maximum Gasteiger partial charge on any atom is 0.303 e. The molecule has 1 fully saturated rings. The van der Waals surface area contributed by atoms with E-state index in [1.807, 2.05) is 18.2 Å². The molecule has 3 nitrogen and oxygen atoms in total. The van der Waals surface area contributed by atoms with Gasteiger partial charge in [0.25, 0.3) is 0 Å². The molecule has 1 aromatic carbocycles. The number of carboxylic acids is 1. The number of piperidine rings is 1. The van der Waals surface area contributed by atoms with Crippen molar-refractivity contribution < 1.29 is 9.90 Å². The Morgan fingerprint density at radius 3 is 2.53 bits per heavy atom. The second kappa shape index (κ2) is 5.82. The zero-order chi connectivity index (χ0) is 12.1.